The number of benzene rings is 2. The molecule has 1 aliphatic heterocycles. The number of carbonyl (C=O) groups is 1. The zero-order valence-corrected chi connectivity index (χ0v) is 15.9. The largest absolute Gasteiger partial charge is 0.347 e. The van der Waals surface area contributed by atoms with E-state index in [4.69, 9.17) is 11.6 Å². The minimum Gasteiger partial charge on any atom is -0.347 e. The van der Waals surface area contributed by atoms with Crippen LogP contribution in [0.5, 0.6) is 0 Å². The van der Waals surface area contributed by atoms with Crippen molar-refractivity contribution in [3.8, 4) is 0 Å². The summed E-state index contributed by atoms with van der Waals surface area (Å²) in [4.78, 5) is 17.6. The first-order chi connectivity index (χ1) is 13.4. The Labute approximate surface area is 165 Å². The zero-order chi connectivity index (χ0) is 19.8. The first kappa shape index (κ1) is 18.2. The highest BCUT2D eigenvalue weighted by Crippen LogP contribution is 2.32. The maximum absolute atomic E-state index is 14.4. The number of nitrogens with zero attached hydrogens (tertiary/aromatic N) is 2. The van der Waals surface area contributed by atoms with Gasteiger partial charge in [-0.3, -0.25) is 14.9 Å². The lowest BCUT2D eigenvalue weighted by Gasteiger charge is -2.25. The number of hydrogen-bond donors (Lipinski definition) is 3. The van der Waals surface area contributed by atoms with E-state index in [1.165, 1.54) is 6.07 Å². The van der Waals surface area contributed by atoms with Crippen LogP contribution in [0.15, 0.2) is 58.9 Å². The molecule has 1 aromatic heterocycles. The number of amidine groups is 1. The fourth-order valence-corrected chi connectivity index (χ4v) is 3.39. The molecule has 28 heavy (non-hydrogen) atoms. The molecule has 0 fully saturated rings. The molecule has 3 N–H and O–H groups in total. The van der Waals surface area contributed by atoms with Crippen molar-refractivity contribution in [1.82, 2.24) is 15.5 Å². The number of amides is 1. The Morgan fingerprint density at radius 3 is 2.71 bits per heavy atom. The van der Waals surface area contributed by atoms with E-state index in [1.807, 2.05) is 19.1 Å². The molecule has 2 heterocycles. The third-order valence-corrected chi connectivity index (χ3v) is 4.83. The van der Waals surface area contributed by atoms with E-state index >= 15 is 0 Å². The Balaban J connectivity index is 1.69. The van der Waals surface area contributed by atoms with Gasteiger partial charge in [-0.15, -0.1) is 0 Å². The number of aromatic nitrogens is 2. The van der Waals surface area contributed by atoms with Gasteiger partial charge in [0.2, 0.25) is 0 Å². The number of aromatic amines is 1. The number of hydrogen-bond acceptors (Lipinski definition) is 4. The highest BCUT2D eigenvalue weighted by atomic mass is 35.5. The predicted octanol–water partition coefficient (Wildman–Crippen LogP) is 4.33. The monoisotopic (exact) mass is 397 g/mol. The molecule has 0 saturated carbocycles. The summed E-state index contributed by atoms with van der Waals surface area (Å²) in [7, 11) is 0. The second-order valence-electron chi connectivity index (χ2n) is 6.58. The van der Waals surface area contributed by atoms with Crippen LogP contribution in [0.25, 0.3) is 10.9 Å². The third kappa shape index (κ3) is 3.36. The van der Waals surface area contributed by atoms with E-state index in [0.717, 1.165) is 5.56 Å². The molecule has 2 aromatic carbocycles. The van der Waals surface area contributed by atoms with Crippen LogP contribution in [0.4, 0.5) is 10.1 Å². The highest BCUT2D eigenvalue weighted by molar-refractivity contribution is 6.30. The molecule has 1 amide bonds. The molecule has 3 aromatic rings. The van der Waals surface area contributed by atoms with Gasteiger partial charge in [-0.05, 0) is 37.6 Å². The van der Waals surface area contributed by atoms with Crippen molar-refractivity contribution in [1.29, 1.82) is 0 Å². The maximum Gasteiger partial charge on any atom is 0.255 e. The van der Waals surface area contributed by atoms with Crippen molar-refractivity contribution < 1.29 is 9.18 Å². The second-order valence-corrected chi connectivity index (χ2v) is 7.01. The van der Waals surface area contributed by atoms with E-state index in [0.29, 0.717) is 33.0 Å². The van der Waals surface area contributed by atoms with Crippen molar-refractivity contribution in [3.05, 3.63) is 70.3 Å². The van der Waals surface area contributed by atoms with Crippen LogP contribution in [0.1, 0.15) is 25.5 Å². The third-order valence-electron chi connectivity index (χ3n) is 4.58. The lowest BCUT2D eigenvalue weighted by atomic mass is 9.95. The molecule has 0 saturated heterocycles. The molecule has 0 spiro atoms. The normalized spacial score (nSPS) is 16.7. The summed E-state index contributed by atoms with van der Waals surface area (Å²) < 4.78 is 14.4. The molecule has 0 aliphatic carbocycles. The van der Waals surface area contributed by atoms with E-state index < -0.39 is 17.8 Å². The molecule has 0 radical (unpaired) electrons. The molecule has 4 rings (SSSR count). The van der Waals surface area contributed by atoms with Crippen molar-refractivity contribution in [3.63, 3.8) is 0 Å². The number of nitrogens with one attached hydrogen (secondary N) is 3. The van der Waals surface area contributed by atoms with Crippen LogP contribution in [0, 0.1) is 5.82 Å². The molecular weight excluding hydrogens is 381 g/mol. The minimum absolute atomic E-state index is 0.0836. The van der Waals surface area contributed by atoms with Crippen LogP contribution >= 0.6 is 11.6 Å². The van der Waals surface area contributed by atoms with Crippen LogP contribution < -0.4 is 10.6 Å². The maximum atomic E-state index is 14.4. The number of halogens is 2. The Morgan fingerprint density at radius 1 is 1.21 bits per heavy atom. The smallest absolute Gasteiger partial charge is 0.255 e. The quantitative estimate of drug-likeness (QED) is 0.615. The summed E-state index contributed by atoms with van der Waals surface area (Å²) in [5, 5.41) is 13.6. The molecular formula is C20H17ClFN5O. The number of rotatable bonds is 3. The summed E-state index contributed by atoms with van der Waals surface area (Å²) in [5.74, 6) is -0.280. The average Bonchev–Trinajstić information content (AvgIpc) is 3.09. The van der Waals surface area contributed by atoms with Gasteiger partial charge in [-0.1, -0.05) is 23.7 Å². The number of carbonyl (C=O) groups excluding carboxylic acids is 1. The topological polar surface area (TPSA) is 82.2 Å². The SMILES string of the molecule is CC1=NC(c2ccc(Cl)cc2)C(C(=O)Nc2cc3cn[nH]c3cc2F)=C(C)N1. The van der Waals surface area contributed by atoms with Gasteiger partial charge in [0.25, 0.3) is 5.91 Å². The van der Waals surface area contributed by atoms with Crippen molar-refractivity contribution in [2.24, 2.45) is 4.99 Å². The zero-order valence-electron chi connectivity index (χ0n) is 15.2. The first-order valence-electron chi connectivity index (χ1n) is 8.64. The van der Waals surface area contributed by atoms with Gasteiger partial charge in [0, 0.05) is 22.2 Å². The molecule has 8 heteroatoms. The van der Waals surface area contributed by atoms with E-state index in [9.17, 15) is 9.18 Å². The van der Waals surface area contributed by atoms with Gasteiger partial charge in [0.1, 0.15) is 11.9 Å². The number of aliphatic imine (C=N–C) groups is 1. The molecule has 142 valence electrons. The Hall–Kier alpha value is -3.19. The Bertz CT molecular complexity index is 1130. The number of allylic oxidation sites excluding steroid dienone is 1. The van der Waals surface area contributed by atoms with Crippen LogP contribution in [0.2, 0.25) is 5.02 Å². The van der Waals surface area contributed by atoms with Crippen LogP contribution in [-0.4, -0.2) is 21.9 Å². The summed E-state index contributed by atoms with van der Waals surface area (Å²) in [6.07, 6.45) is 1.57. The average molecular weight is 398 g/mol. The van der Waals surface area contributed by atoms with Gasteiger partial charge in [0.15, 0.2) is 0 Å². The van der Waals surface area contributed by atoms with Gasteiger partial charge >= 0.3 is 0 Å². The van der Waals surface area contributed by atoms with Gasteiger partial charge in [-0.2, -0.15) is 5.10 Å². The van der Waals surface area contributed by atoms with E-state index in [2.05, 4.69) is 25.8 Å². The Kier molecular flexibility index (Phi) is 4.60. The standard InChI is InChI=1S/C20H17ClFN5O/c1-10-18(19(25-11(2)24-10)12-3-5-14(21)6-4-12)20(28)26-17-7-13-9-23-27-16(13)8-15(17)22/h3-9,19H,1-2H3,(H,23,27)(H,24,25)(H,26,28). The molecule has 1 atom stereocenters. The Morgan fingerprint density at radius 2 is 1.96 bits per heavy atom. The van der Waals surface area contributed by atoms with Gasteiger partial charge < -0.3 is 10.6 Å². The van der Waals surface area contributed by atoms with Crippen LogP contribution in [-0.2, 0) is 4.79 Å². The fourth-order valence-electron chi connectivity index (χ4n) is 3.27. The summed E-state index contributed by atoms with van der Waals surface area (Å²) in [6.45, 7) is 3.62. The van der Waals surface area contributed by atoms with E-state index in [-0.39, 0.29) is 5.69 Å². The lowest BCUT2D eigenvalue weighted by Crippen LogP contribution is -2.32. The minimum atomic E-state index is -0.546. The van der Waals surface area contributed by atoms with Crippen LogP contribution in [0.3, 0.4) is 0 Å². The summed E-state index contributed by atoms with van der Waals surface area (Å²) in [5.41, 5.74) is 2.54. The predicted molar refractivity (Wildman–Crippen MR) is 108 cm³/mol. The summed E-state index contributed by atoms with van der Waals surface area (Å²) in [6, 6.07) is 9.49. The molecule has 6 nitrogen and oxygen atoms in total. The molecule has 1 unspecified atom stereocenters. The van der Waals surface area contributed by atoms with Gasteiger partial charge in [0.05, 0.1) is 28.8 Å². The summed E-state index contributed by atoms with van der Waals surface area (Å²) >= 11 is 5.98. The second kappa shape index (κ2) is 7.09. The van der Waals surface area contributed by atoms with Crippen molar-refractivity contribution in [2.45, 2.75) is 19.9 Å². The highest BCUT2D eigenvalue weighted by Gasteiger charge is 2.28. The molecule has 1 aliphatic rings. The van der Waals surface area contributed by atoms with Crippen molar-refractivity contribution in [2.75, 3.05) is 5.32 Å². The number of H-pyrrole nitrogens is 1. The lowest BCUT2D eigenvalue weighted by molar-refractivity contribution is -0.113. The number of fused-ring (bicyclic) bond motifs is 1. The fraction of sp³-hybridized carbons (Fsp3) is 0.150. The van der Waals surface area contributed by atoms with E-state index in [1.54, 1.807) is 31.3 Å². The molecule has 0 bridgehead atoms. The first-order valence-corrected chi connectivity index (χ1v) is 9.02. The van der Waals surface area contributed by atoms with Crippen molar-refractivity contribution >= 4 is 39.9 Å². The van der Waals surface area contributed by atoms with Gasteiger partial charge in [-0.25, -0.2) is 4.39 Å². The number of anilines is 1.